The van der Waals surface area contributed by atoms with Crippen LogP contribution in [0.4, 0.5) is 4.39 Å². The first-order chi connectivity index (χ1) is 7.20. The van der Waals surface area contributed by atoms with Crippen LogP contribution in [0.25, 0.3) is 0 Å². The van der Waals surface area contributed by atoms with E-state index in [-0.39, 0.29) is 5.69 Å². The molecule has 0 radical (unpaired) electrons. The van der Waals surface area contributed by atoms with Gasteiger partial charge in [0.25, 0.3) is 0 Å². The van der Waals surface area contributed by atoms with Gasteiger partial charge in [-0.1, -0.05) is 0 Å². The molecular weight excluding hydrogens is 203 g/mol. The van der Waals surface area contributed by atoms with E-state index in [1.54, 1.807) is 0 Å². The molecule has 1 aromatic rings. The number of aromatic carboxylic acids is 1. The Morgan fingerprint density at radius 3 is 3.00 bits per heavy atom. The summed E-state index contributed by atoms with van der Waals surface area (Å²) >= 11 is 0. The summed E-state index contributed by atoms with van der Waals surface area (Å²) in [5, 5.41) is 8.66. The first kappa shape index (κ1) is 9.97. The van der Waals surface area contributed by atoms with E-state index in [2.05, 4.69) is 9.97 Å². The lowest BCUT2D eigenvalue weighted by Crippen LogP contribution is -2.11. The third-order valence-corrected chi connectivity index (χ3v) is 2.25. The van der Waals surface area contributed by atoms with Gasteiger partial charge in [-0.3, -0.25) is 0 Å². The molecule has 1 unspecified atom stereocenters. The van der Waals surface area contributed by atoms with Crippen LogP contribution in [0.3, 0.4) is 0 Å². The van der Waals surface area contributed by atoms with Gasteiger partial charge in [-0.2, -0.15) is 0 Å². The molecule has 2 rings (SSSR count). The van der Waals surface area contributed by atoms with Crippen LogP contribution < -0.4 is 0 Å². The van der Waals surface area contributed by atoms with Crippen LogP contribution in [0, 0.1) is 5.82 Å². The highest BCUT2D eigenvalue weighted by atomic mass is 19.1. The molecule has 1 saturated heterocycles. The Morgan fingerprint density at radius 1 is 1.60 bits per heavy atom. The molecular formula is C9H9FN2O3. The van der Waals surface area contributed by atoms with Crippen molar-refractivity contribution in [1.29, 1.82) is 0 Å². The van der Waals surface area contributed by atoms with E-state index in [0.717, 1.165) is 12.7 Å². The lowest BCUT2D eigenvalue weighted by molar-refractivity contribution is 0.0681. The van der Waals surface area contributed by atoms with Crippen LogP contribution >= 0.6 is 0 Å². The first-order valence-electron chi connectivity index (χ1n) is 4.55. The van der Waals surface area contributed by atoms with Crippen molar-refractivity contribution in [1.82, 2.24) is 9.97 Å². The van der Waals surface area contributed by atoms with E-state index in [1.807, 2.05) is 0 Å². The molecule has 80 valence electrons. The van der Waals surface area contributed by atoms with Gasteiger partial charge in [0.05, 0.1) is 0 Å². The number of ether oxygens (including phenoxy) is 1. The monoisotopic (exact) mass is 212 g/mol. The van der Waals surface area contributed by atoms with Crippen molar-refractivity contribution in [3.05, 3.63) is 23.5 Å². The molecule has 5 nitrogen and oxygen atoms in total. The zero-order valence-electron chi connectivity index (χ0n) is 7.81. The lowest BCUT2D eigenvalue weighted by atomic mass is 10.1. The van der Waals surface area contributed by atoms with Crippen LogP contribution in [0.1, 0.15) is 35.1 Å². The van der Waals surface area contributed by atoms with Crippen LogP contribution in [0.15, 0.2) is 6.33 Å². The van der Waals surface area contributed by atoms with E-state index in [4.69, 9.17) is 9.84 Å². The van der Waals surface area contributed by atoms with Crippen molar-refractivity contribution < 1.29 is 19.0 Å². The second-order valence-corrected chi connectivity index (χ2v) is 3.23. The molecule has 2 heterocycles. The summed E-state index contributed by atoms with van der Waals surface area (Å²) in [5.74, 6) is -2.29. The number of aromatic nitrogens is 2. The number of hydrogen-bond donors (Lipinski definition) is 1. The fourth-order valence-corrected chi connectivity index (χ4v) is 1.55. The van der Waals surface area contributed by atoms with Gasteiger partial charge in [0.1, 0.15) is 18.1 Å². The predicted octanol–water partition coefficient (Wildman–Crippen LogP) is 1.17. The number of nitrogens with zero attached hydrogens (tertiary/aromatic N) is 2. The van der Waals surface area contributed by atoms with Crippen LogP contribution in [0.5, 0.6) is 0 Å². The number of rotatable bonds is 2. The van der Waals surface area contributed by atoms with E-state index in [9.17, 15) is 9.18 Å². The molecule has 1 atom stereocenters. The number of hydrogen-bond acceptors (Lipinski definition) is 4. The minimum absolute atomic E-state index is 0.0416. The standard InChI is InChI=1S/C9H9FN2O3/c10-6-7(5-2-1-3-15-5)11-4-12-8(6)9(13)14/h4-5H,1-3H2,(H,13,14). The van der Waals surface area contributed by atoms with Gasteiger partial charge in [-0.05, 0) is 12.8 Å². The van der Waals surface area contributed by atoms with E-state index in [1.165, 1.54) is 0 Å². The van der Waals surface area contributed by atoms with Gasteiger partial charge < -0.3 is 9.84 Å². The van der Waals surface area contributed by atoms with Gasteiger partial charge >= 0.3 is 5.97 Å². The van der Waals surface area contributed by atoms with Gasteiger partial charge in [-0.15, -0.1) is 0 Å². The molecule has 1 fully saturated rings. The Labute approximate surface area is 84.9 Å². The van der Waals surface area contributed by atoms with Crippen LogP contribution in [-0.4, -0.2) is 27.7 Å². The minimum atomic E-state index is -1.39. The minimum Gasteiger partial charge on any atom is -0.476 e. The van der Waals surface area contributed by atoms with Crippen LogP contribution in [-0.2, 0) is 4.74 Å². The van der Waals surface area contributed by atoms with Crippen molar-refractivity contribution in [2.24, 2.45) is 0 Å². The molecule has 1 N–H and O–H groups in total. The number of carboxylic acid groups (broad SMARTS) is 1. The Morgan fingerprint density at radius 2 is 2.40 bits per heavy atom. The second-order valence-electron chi connectivity index (χ2n) is 3.23. The van der Waals surface area contributed by atoms with Crippen molar-refractivity contribution in [3.63, 3.8) is 0 Å². The summed E-state index contributed by atoms with van der Waals surface area (Å²) in [7, 11) is 0. The molecule has 0 aromatic carbocycles. The zero-order valence-corrected chi connectivity index (χ0v) is 7.81. The molecule has 1 aliphatic rings. The topological polar surface area (TPSA) is 72.3 Å². The van der Waals surface area contributed by atoms with E-state index >= 15 is 0 Å². The van der Waals surface area contributed by atoms with E-state index in [0.29, 0.717) is 13.0 Å². The largest absolute Gasteiger partial charge is 0.476 e. The summed E-state index contributed by atoms with van der Waals surface area (Å²) in [6.07, 6.45) is 2.10. The maximum Gasteiger partial charge on any atom is 0.357 e. The molecule has 6 heteroatoms. The summed E-state index contributed by atoms with van der Waals surface area (Å²) in [5.41, 5.74) is -0.560. The fraction of sp³-hybridized carbons (Fsp3) is 0.444. The quantitative estimate of drug-likeness (QED) is 0.796. The summed E-state index contributed by atoms with van der Waals surface area (Å²) in [4.78, 5) is 17.7. The van der Waals surface area contributed by atoms with Gasteiger partial charge in [-0.25, -0.2) is 19.2 Å². The van der Waals surface area contributed by atoms with Gasteiger partial charge in [0.2, 0.25) is 0 Å². The average Bonchev–Trinajstić information content (AvgIpc) is 2.70. The van der Waals surface area contributed by atoms with E-state index < -0.39 is 23.6 Å². The highest BCUT2D eigenvalue weighted by Gasteiger charge is 2.26. The second kappa shape index (κ2) is 3.90. The summed E-state index contributed by atoms with van der Waals surface area (Å²) in [6.45, 7) is 0.552. The number of carboxylic acids is 1. The molecule has 1 aliphatic heterocycles. The van der Waals surface area contributed by atoms with Crippen LogP contribution in [0.2, 0.25) is 0 Å². The summed E-state index contributed by atoms with van der Waals surface area (Å²) < 4.78 is 18.8. The number of carbonyl (C=O) groups is 1. The van der Waals surface area contributed by atoms with Crippen molar-refractivity contribution in [2.45, 2.75) is 18.9 Å². The smallest absolute Gasteiger partial charge is 0.357 e. The molecule has 0 aliphatic carbocycles. The number of halogens is 1. The van der Waals surface area contributed by atoms with Gasteiger partial charge in [0, 0.05) is 6.61 Å². The van der Waals surface area contributed by atoms with Crippen molar-refractivity contribution in [2.75, 3.05) is 6.61 Å². The normalized spacial score (nSPS) is 20.5. The molecule has 15 heavy (non-hydrogen) atoms. The molecule has 0 bridgehead atoms. The molecule has 0 spiro atoms. The third-order valence-electron chi connectivity index (χ3n) is 2.25. The van der Waals surface area contributed by atoms with Gasteiger partial charge in [0.15, 0.2) is 11.5 Å². The average molecular weight is 212 g/mol. The molecule has 0 saturated carbocycles. The highest BCUT2D eigenvalue weighted by molar-refractivity contribution is 5.85. The first-order valence-corrected chi connectivity index (χ1v) is 4.55. The highest BCUT2D eigenvalue weighted by Crippen LogP contribution is 2.28. The predicted molar refractivity (Wildman–Crippen MR) is 46.9 cm³/mol. The molecule has 0 amide bonds. The Hall–Kier alpha value is -1.56. The fourth-order valence-electron chi connectivity index (χ4n) is 1.55. The Kier molecular flexibility index (Phi) is 2.59. The molecule has 1 aromatic heterocycles. The lowest BCUT2D eigenvalue weighted by Gasteiger charge is -2.09. The third kappa shape index (κ3) is 1.80. The summed E-state index contributed by atoms with van der Waals surface area (Å²) in [6, 6.07) is 0. The maximum absolute atomic E-state index is 13.6. The van der Waals surface area contributed by atoms with Crippen molar-refractivity contribution >= 4 is 5.97 Å². The Balaban J connectivity index is 2.39. The zero-order chi connectivity index (χ0) is 10.8. The van der Waals surface area contributed by atoms with Crippen molar-refractivity contribution in [3.8, 4) is 0 Å². The Bertz CT molecular complexity index is 391. The SMILES string of the molecule is O=C(O)c1ncnc(C2CCCO2)c1F. The maximum atomic E-state index is 13.6.